The monoisotopic (exact) mass is 487 g/mol. The predicted molar refractivity (Wildman–Crippen MR) is 123 cm³/mol. The fourth-order valence-corrected chi connectivity index (χ4v) is 6.06. The minimum absolute atomic E-state index is 0.0203. The fourth-order valence-electron chi connectivity index (χ4n) is 3.79. The number of nitrogens with one attached hydrogen (secondary N) is 1. The predicted octanol–water partition coefficient (Wildman–Crippen LogP) is 2.74. The Bertz CT molecular complexity index is 1210. The lowest BCUT2D eigenvalue weighted by Crippen LogP contribution is -2.27. The van der Waals surface area contributed by atoms with Crippen LogP contribution in [0.1, 0.15) is 31.4 Å². The van der Waals surface area contributed by atoms with Crippen LogP contribution in [-0.2, 0) is 21.4 Å². The van der Waals surface area contributed by atoms with Gasteiger partial charge in [-0.2, -0.15) is 4.31 Å². The summed E-state index contributed by atoms with van der Waals surface area (Å²) >= 11 is 1.32. The molecule has 1 aliphatic heterocycles. The van der Waals surface area contributed by atoms with Gasteiger partial charge in [0.05, 0.1) is 23.5 Å². The topological polar surface area (TPSA) is 110 Å². The van der Waals surface area contributed by atoms with E-state index in [0.717, 1.165) is 37.0 Å². The Morgan fingerprint density at radius 3 is 2.55 bits per heavy atom. The zero-order chi connectivity index (χ0) is 22.8. The summed E-state index contributed by atoms with van der Waals surface area (Å²) in [4.78, 5) is 12.4. The van der Waals surface area contributed by atoms with Crippen molar-refractivity contribution in [3.63, 3.8) is 0 Å². The van der Waals surface area contributed by atoms with Crippen LogP contribution >= 0.6 is 11.8 Å². The third-order valence-electron chi connectivity index (χ3n) is 5.70. The first-order valence-corrected chi connectivity index (χ1v) is 13.4. The summed E-state index contributed by atoms with van der Waals surface area (Å²) in [5, 5.41) is 12.2. The van der Waals surface area contributed by atoms with E-state index < -0.39 is 10.0 Å². The van der Waals surface area contributed by atoms with Crippen molar-refractivity contribution < 1.29 is 17.6 Å². The molecule has 11 heteroatoms. The highest BCUT2D eigenvalue weighted by atomic mass is 32.2. The molecule has 0 atom stereocenters. The zero-order valence-corrected chi connectivity index (χ0v) is 19.6. The number of benzene rings is 1. The largest absolute Gasteiger partial charge is 0.467 e. The van der Waals surface area contributed by atoms with Crippen LogP contribution < -0.4 is 5.32 Å². The van der Waals surface area contributed by atoms with Gasteiger partial charge in [-0.05, 0) is 62.1 Å². The van der Waals surface area contributed by atoms with Crippen LogP contribution in [0, 0.1) is 0 Å². The number of thioether (sulfide) groups is 1. The molecule has 1 aromatic carbocycles. The molecule has 2 fully saturated rings. The number of amides is 1. The molecule has 1 saturated heterocycles. The first-order chi connectivity index (χ1) is 16.0. The maximum atomic E-state index is 12.8. The lowest BCUT2D eigenvalue weighted by atomic mass is 10.2. The maximum absolute atomic E-state index is 12.8. The van der Waals surface area contributed by atoms with E-state index in [4.69, 9.17) is 4.42 Å². The van der Waals surface area contributed by atoms with Crippen molar-refractivity contribution in [2.75, 3.05) is 18.8 Å². The third-order valence-corrected chi connectivity index (χ3v) is 8.58. The molecule has 1 saturated carbocycles. The molecule has 174 valence electrons. The van der Waals surface area contributed by atoms with Gasteiger partial charge in [-0.3, -0.25) is 9.36 Å². The van der Waals surface area contributed by atoms with Crippen molar-refractivity contribution >= 4 is 27.7 Å². The zero-order valence-electron chi connectivity index (χ0n) is 18.0. The van der Waals surface area contributed by atoms with Gasteiger partial charge in [0.1, 0.15) is 5.76 Å². The molecule has 9 nitrogen and oxygen atoms in total. The summed E-state index contributed by atoms with van der Waals surface area (Å²) in [5.74, 6) is 1.54. The Hall–Kier alpha value is -2.63. The molecule has 5 rings (SSSR count). The summed E-state index contributed by atoms with van der Waals surface area (Å²) in [6, 6.07) is 10.7. The molecule has 1 aliphatic carbocycles. The Kier molecular flexibility index (Phi) is 6.26. The first kappa shape index (κ1) is 22.2. The summed E-state index contributed by atoms with van der Waals surface area (Å²) in [5.41, 5.74) is 0.740. The van der Waals surface area contributed by atoms with Crippen molar-refractivity contribution in [2.24, 2.45) is 0 Å². The number of sulfonamides is 1. The summed E-state index contributed by atoms with van der Waals surface area (Å²) < 4.78 is 34.6. The second-order valence-corrected chi connectivity index (χ2v) is 11.1. The van der Waals surface area contributed by atoms with Gasteiger partial charge in [0.15, 0.2) is 11.0 Å². The molecule has 2 aliphatic rings. The molecule has 0 unspecified atom stereocenters. The molecule has 3 aromatic rings. The highest BCUT2D eigenvalue weighted by Gasteiger charge is 2.27. The number of rotatable bonds is 9. The molecular weight excluding hydrogens is 462 g/mol. The van der Waals surface area contributed by atoms with E-state index in [2.05, 4.69) is 15.5 Å². The molecule has 2 aromatic heterocycles. The van der Waals surface area contributed by atoms with Crippen LogP contribution in [-0.4, -0.2) is 58.3 Å². The van der Waals surface area contributed by atoms with E-state index in [1.807, 2.05) is 16.7 Å². The number of hydrogen-bond acceptors (Lipinski definition) is 7. The smallest absolute Gasteiger partial charge is 0.243 e. The number of aromatic nitrogens is 3. The summed E-state index contributed by atoms with van der Waals surface area (Å²) in [7, 11) is -3.48. The molecule has 3 heterocycles. The second-order valence-electron chi connectivity index (χ2n) is 8.24. The Labute approximate surface area is 196 Å². The van der Waals surface area contributed by atoms with Gasteiger partial charge in [0.2, 0.25) is 15.9 Å². The molecular formula is C22H25N5O4S2. The van der Waals surface area contributed by atoms with Gasteiger partial charge in [-0.15, -0.1) is 10.2 Å². The van der Waals surface area contributed by atoms with E-state index in [1.54, 1.807) is 30.5 Å². The van der Waals surface area contributed by atoms with E-state index in [1.165, 1.54) is 16.1 Å². The van der Waals surface area contributed by atoms with Gasteiger partial charge < -0.3 is 9.73 Å². The van der Waals surface area contributed by atoms with E-state index >= 15 is 0 Å². The minimum atomic E-state index is -3.48. The SMILES string of the molecule is O=C(CSc1nnc(-c2ccc(S(=O)(=O)N3CCCC3)cc2)n1Cc1ccco1)NC1CC1. The number of nitrogens with zero attached hydrogens (tertiary/aromatic N) is 4. The maximum Gasteiger partial charge on any atom is 0.243 e. The van der Waals surface area contributed by atoms with Crippen LogP contribution in [0.15, 0.2) is 57.1 Å². The van der Waals surface area contributed by atoms with Gasteiger partial charge in [-0.1, -0.05) is 11.8 Å². The molecule has 1 N–H and O–H groups in total. The summed E-state index contributed by atoms with van der Waals surface area (Å²) in [6.07, 6.45) is 5.48. The Morgan fingerprint density at radius 1 is 1.12 bits per heavy atom. The van der Waals surface area contributed by atoms with Crippen molar-refractivity contribution in [1.29, 1.82) is 0 Å². The Balaban J connectivity index is 1.39. The van der Waals surface area contributed by atoms with Crippen LogP contribution in [0.25, 0.3) is 11.4 Å². The number of carbonyl (C=O) groups is 1. The third kappa shape index (κ3) is 4.99. The molecule has 0 radical (unpaired) electrons. The average Bonchev–Trinajstić information content (AvgIpc) is 3.24. The second kappa shape index (κ2) is 9.32. The summed E-state index contributed by atoms with van der Waals surface area (Å²) in [6.45, 7) is 1.53. The number of carbonyl (C=O) groups excluding carboxylic acids is 1. The van der Waals surface area contributed by atoms with Crippen LogP contribution in [0.5, 0.6) is 0 Å². The van der Waals surface area contributed by atoms with E-state index in [-0.39, 0.29) is 16.6 Å². The van der Waals surface area contributed by atoms with Crippen molar-refractivity contribution in [2.45, 2.75) is 48.3 Å². The molecule has 33 heavy (non-hydrogen) atoms. The van der Waals surface area contributed by atoms with Crippen LogP contribution in [0.2, 0.25) is 0 Å². The lowest BCUT2D eigenvalue weighted by molar-refractivity contribution is -0.118. The normalized spacial score (nSPS) is 16.8. The van der Waals surface area contributed by atoms with Gasteiger partial charge >= 0.3 is 0 Å². The average molecular weight is 488 g/mol. The molecule has 0 spiro atoms. The quantitative estimate of drug-likeness (QED) is 0.462. The van der Waals surface area contributed by atoms with Crippen LogP contribution in [0.4, 0.5) is 0 Å². The highest BCUT2D eigenvalue weighted by Crippen LogP contribution is 2.28. The molecule has 0 bridgehead atoms. The number of hydrogen-bond donors (Lipinski definition) is 1. The van der Waals surface area contributed by atoms with Crippen molar-refractivity contribution in [3.8, 4) is 11.4 Å². The standard InChI is InChI=1S/C22H25N5O4S2/c28-20(23-17-7-8-17)15-32-22-25-24-21(27(22)14-18-4-3-13-31-18)16-5-9-19(10-6-16)33(29,30)26-11-1-2-12-26/h3-6,9-10,13,17H,1-2,7-8,11-12,14-15H2,(H,23,28). The molecule has 1 amide bonds. The van der Waals surface area contributed by atoms with E-state index in [9.17, 15) is 13.2 Å². The lowest BCUT2D eigenvalue weighted by Gasteiger charge is -2.15. The van der Waals surface area contributed by atoms with Gasteiger partial charge in [-0.25, -0.2) is 8.42 Å². The van der Waals surface area contributed by atoms with Crippen LogP contribution in [0.3, 0.4) is 0 Å². The first-order valence-electron chi connectivity index (χ1n) is 11.0. The fraction of sp³-hybridized carbons (Fsp3) is 0.409. The van der Waals surface area contributed by atoms with Gasteiger partial charge in [0, 0.05) is 24.7 Å². The Morgan fingerprint density at radius 2 is 1.88 bits per heavy atom. The van der Waals surface area contributed by atoms with Gasteiger partial charge in [0.25, 0.3) is 0 Å². The minimum Gasteiger partial charge on any atom is -0.467 e. The van der Waals surface area contributed by atoms with Crippen molar-refractivity contribution in [3.05, 3.63) is 48.4 Å². The number of furan rings is 1. The highest BCUT2D eigenvalue weighted by molar-refractivity contribution is 7.99. The van der Waals surface area contributed by atoms with Crippen molar-refractivity contribution in [1.82, 2.24) is 24.4 Å². The van der Waals surface area contributed by atoms with E-state index in [0.29, 0.717) is 36.7 Å².